The molecule has 2 nitrogen and oxygen atoms in total. The summed E-state index contributed by atoms with van der Waals surface area (Å²) in [6.07, 6.45) is -0.598. The Morgan fingerprint density at radius 3 is 2.55 bits per heavy atom. The Hall–Kier alpha value is -1.29. The van der Waals surface area contributed by atoms with Crippen molar-refractivity contribution in [2.24, 2.45) is 0 Å². The van der Waals surface area contributed by atoms with Gasteiger partial charge < -0.3 is 9.84 Å². The highest BCUT2D eigenvalue weighted by Gasteiger charge is 2.08. The second kappa shape index (κ2) is 6.44. The van der Waals surface area contributed by atoms with E-state index in [4.69, 9.17) is 27.9 Å². The van der Waals surface area contributed by atoms with Gasteiger partial charge in [-0.15, -0.1) is 0 Å². The van der Waals surface area contributed by atoms with Gasteiger partial charge in [-0.3, -0.25) is 0 Å². The first-order valence-corrected chi connectivity index (χ1v) is 6.77. The normalized spacial score (nSPS) is 12.2. The molecule has 2 rings (SSSR count). The molecule has 0 aliphatic rings. The minimum absolute atomic E-state index is 0.115. The molecule has 20 heavy (non-hydrogen) atoms. The van der Waals surface area contributed by atoms with Gasteiger partial charge in [-0.05, 0) is 42.8 Å². The van der Waals surface area contributed by atoms with Gasteiger partial charge in [-0.1, -0.05) is 29.3 Å². The fourth-order valence-corrected chi connectivity index (χ4v) is 2.12. The molecule has 0 unspecified atom stereocenters. The zero-order valence-electron chi connectivity index (χ0n) is 10.7. The van der Waals surface area contributed by atoms with E-state index in [1.54, 1.807) is 25.1 Å². The number of aliphatic hydroxyl groups excluding tert-OH is 1. The van der Waals surface area contributed by atoms with Crippen molar-refractivity contribution in [3.05, 3.63) is 63.4 Å². The summed E-state index contributed by atoms with van der Waals surface area (Å²) in [6, 6.07) is 9.11. The average Bonchev–Trinajstić information content (AvgIpc) is 2.40. The highest BCUT2D eigenvalue weighted by molar-refractivity contribution is 6.32. The van der Waals surface area contributed by atoms with Crippen LogP contribution in [0.2, 0.25) is 10.0 Å². The lowest BCUT2D eigenvalue weighted by Crippen LogP contribution is -1.99. The van der Waals surface area contributed by atoms with Gasteiger partial charge in [0, 0.05) is 10.6 Å². The molecule has 0 spiro atoms. The number of halogens is 3. The van der Waals surface area contributed by atoms with Crippen LogP contribution in [0.4, 0.5) is 4.39 Å². The molecule has 0 aliphatic carbocycles. The Bertz CT molecular complexity index is 615. The zero-order valence-corrected chi connectivity index (χ0v) is 12.2. The molecule has 0 aliphatic heterocycles. The summed E-state index contributed by atoms with van der Waals surface area (Å²) < 4.78 is 18.7. The smallest absolute Gasteiger partial charge is 0.138 e. The summed E-state index contributed by atoms with van der Waals surface area (Å²) in [4.78, 5) is 0. The average molecular weight is 315 g/mol. The molecule has 0 heterocycles. The van der Waals surface area contributed by atoms with Gasteiger partial charge in [0.1, 0.15) is 18.2 Å². The molecule has 0 aromatic heterocycles. The predicted octanol–water partition coefficient (Wildman–Crippen LogP) is 4.76. The number of hydrogen-bond donors (Lipinski definition) is 1. The van der Waals surface area contributed by atoms with Crippen LogP contribution >= 0.6 is 23.2 Å². The second-order valence-electron chi connectivity index (χ2n) is 4.39. The molecule has 0 fully saturated rings. The van der Waals surface area contributed by atoms with E-state index in [0.29, 0.717) is 26.9 Å². The van der Waals surface area contributed by atoms with Crippen LogP contribution in [0, 0.1) is 5.82 Å². The first kappa shape index (κ1) is 15.1. The molecule has 0 radical (unpaired) electrons. The number of benzene rings is 2. The summed E-state index contributed by atoms with van der Waals surface area (Å²) in [5.41, 5.74) is 1.24. The quantitative estimate of drug-likeness (QED) is 0.881. The lowest BCUT2D eigenvalue weighted by atomic mass is 10.1. The van der Waals surface area contributed by atoms with Gasteiger partial charge in [0.05, 0.1) is 11.1 Å². The highest BCUT2D eigenvalue weighted by Crippen LogP contribution is 2.29. The molecule has 1 atom stereocenters. The van der Waals surface area contributed by atoms with Crippen molar-refractivity contribution in [2.45, 2.75) is 19.6 Å². The maximum atomic E-state index is 13.1. The molecular weight excluding hydrogens is 302 g/mol. The minimum Gasteiger partial charge on any atom is -0.487 e. The summed E-state index contributed by atoms with van der Waals surface area (Å²) in [5.74, 6) is 0.0833. The molecular formula is C15H13Cl2FO2. The Morgan fingerprint density at radius 2 is 1.90 bits per heavy atom. The topological polar surface area (TPSA) is 29.5 Å². The third kappa shape index (κ3) is 3.63. The van der Waals surface area contributed by atoms with Gasteiger partial charge in [0.15, 0.2) is 0 Å². The summed E-state index contributed by atoms with van der Waals surface area (Å²) in [6.45, 7) is 1.77. The Morgan fingerprint density at radius 1 is 1.15 bits per heavy atom. The van der Waals surface area contributed by atoms with Crippen molar-refractivity contribution in [3.8, 4) is 5.75 Å². The third-order valence-electron chi connectivity index (χ3n) is 2.83. The first-order chi connectivity index (χ1) is 9.47. The third-order valence-corrected chi connectivity index (χ3v) is 3.49. The van der Waals surface area contributed by atoms with Crippen molar-refractivity contribution in [1.29, 1.82) is 0 Å². The highest BCUT2D eigenvalue weighted by atomic mass is 35.5. The van der Waals surface area contributed by atoms with Gasteiger partial charge in [-0.25, -0.2) is 4.39 Å². The van der Waals surface area contributed by atoms with Crippen LogP contribution in [0.15, 0.2) is 36.4 Å². The van der Waals surface area contributed by atoms with E-state index in [0.717, 1.165) is 0 Å². The fraction of sp³-hybridized carbons (Fsp3) is 0.200. The van der Waals surface area contributed by atoms with Gasteiger partial charge in [0.2, 0.25) is 0 Å². The van der Waals surface area contributed by atoms with Crippen LogP contribution in [0.1, 0.15) is 24.2 Å². The second-order valence-corrected chi connectivity index (χ2v) is 5.20. The van der Waals surface area contributed by atoms with Crippen LogP contribution < -0.4 is 4.74 Å². The summed E-state index contributed by atoms with van der Waals surface area (Å²) in [5, 5.41) is 10.3. The van der Waals surface area contributed by atoms with Crippen molar-refractivity contribution in [3.63, 3.8) is 0 Å². The molecule has 0 saturated carbocycles. The molecule has 0 amide bonds. The molecule has 106 valence electrons. The van der Waals surface area contributed by atoms with Gasteiger partial charge in [0.25, 0.3) is 0 Å². The van der Waals surface area contributed by atoms with E-state index in [1.165, 1.54) is 18.2 Å². The van der Waals surface area contributed by atoms with E-state index < -0.39 is 6.10 Å². The molecule has 1 N–H and O–H groups in total. The lowest BCUT2D eigenvalue weighted by Gasteiger charge is -2.11. The molecule has 0 bridgehead atoms. The Labute approximate surface area is 126 Å². The van der Waals surface area contributed by atoms with Crippen LogP contribution in [0.3, 0.4) is 0 Å². The van der Waals surface area contributed by atoms with Gasteiger partial charge in [-0.2, -0.15) is 0 Å². The van der Waals surface area contributed by atoms with E-state index in [1.807, 2.05) is 0 Å². The van der Waals surface area contributed by atoms with Gasteiger partial charge >= 0.3 is 0 Å². The monoisotopic (exact) mass is 314 g/mol. The fourth-order valence-electron chi connectivity index (χ4n) is 1.70. The summed E-state index contributed by atoms with van der Waals surface area (Å²) in [7, 11) is 0. The number of rotatable bonds is 4. The SMILES string of the molecule is C[C@H](O)c1ccc(OCc2cc(F)ccc2Cl)c(Cl)c1. The molecule has 0 saturated heterocycles. The van der Waals surface area contributed by atoms with E-state index in [9.17, 15) is 9.50 Å². The van der Waals surface area contributed by atoms with E-state index in [-0.39, 0.29) is 12.4 Å². The van der Waals surface area contributed by atoms with Crippen LogP contribution in [-0.2, 0) is 6.61 Å². The van der Waals surface area contributed by atoms with Crippen molar-refractivity contribution in [2.75, 3.05) is 0 Å². The van der Waals surface area contributed by atoms with E-state index >= 15 is 0 Å². The predicted molar refractivity (Wildman–Crippen MR) is 77.8 cm³/mol. The first-order valence-electron chi connectivity index (χ1n) is 6.01. The van der Waals surface area contributed by atoms with Crippen LogP contribution in [-0.4, -0.2) is 5.11 Å². The maximum Gasteiger partial charge on any atom is 0.138 e. The maximum absolute atomic E-state index is 13.1. The molecule has 2 aromatic rings. The molecule has 5 heteroatoms. The zero-order chi connectivity index (χ0) is 14.7. The number of aliphatic hydroxyl groups is 1. The standard InChI is InChI=1S/C15H13Cl2FO2/c1-9(19)10-2-5-15(14(17)7-10)20-8-11-6-12(18)3-4-13(11)16/h2-7,9,19H,8H2,1H3/t9-/m0/s1. The Kier molecular flexibility index (Phi) is 4.86. The number of ether oxygens (including phenoxy) is 1. The lowest BCUT2D eigenvalue weighted by molar-refractivity contribution is 0.199. The van der Waals surface area contributed by atoms with Crippen molar-refractivity contribution < 1.29 is 14.2 Å². The number of hydrogen-bond acceptors (Lipinski definition) is 2. The van der Waals surface area contributed by atoms with Crippen molar-refractivity contribution >= 4 is 23.2 Å². The molecule has 2 aromatic carbocycles. The Balaban J connectivity index is 2.13. The minimum atomic E-state index is -0.598. The summed E-state index contributed by atoms with van der Waals surface area (Å²) >= 11 is 12.0. The van der Waals surface area contributed by atoms with Crippen LogP contribution in [0.25, 0.3) is 0 Å². The van der Waals surface area contributed by atoms with Crippen LogP contribution in [0.5, 0.6) is 5.75 Å². The largest absolute Gasteiger partial charge is 0.487 e. The van der Waals surface area contributed by atoms with E-state index in [2.05, 4.69) is 0 Å². The van der Waals surface area contributed by atoms with Crippen molar-refractivity contribution in [1.82, 2.24) is 0 Å².